The average Bonchev–Trinajstić information content (AvgIpc) is 3.12. The molecule has 19 heavy (non-hydrogen) atoms. The lowest BCUT2D eigenvalue weighted by Crippen LogP contribution is -2.46. The predicted molar refractivity (Wildman–Crippen MR) is 80.7 cm³/mol. The number of hydrogen-bond acceptors (Lipinski definition) is 5. The van der Waals surface area contributed by atoms with E-state index in [1.54, 1.807) is 11.3 Å². The molecule has 0 aromatic carbocycles. The van der Waals surface area contributed by atoms with E-state index in [0.717, 1.165) is 24.1 Å². The van der Waals surface area contributed by atoms with Crippen LogP contribution < -0.4 is 5.32 Å². The summed E-state index contributed by atoms with van der Waals surface area (Å²) in [4.78, 5) is 11.0. The minimum Gasteiger partial charge on any atom is -0.362 e. The van der Waals surface area contributed by atoms with E-state index in [1.165, 1.54) is 50.4 Å². The molecule has 1 aliphatic carbocycles. The fourth-order valence-corrected chi connectivity index (χ4v) is 3.55. The Morgan fingerprint density at radius 1 is 1.26 bits per heavy atom. The number of nitrogens with zero attached hydrogens (tertiary/aromatic N) is 3. The molecular formula is C14H24N4S. The zero-order valence-corrected chi connectivity index (χ0v) is 12.6. The van der Waals surface area contributed by atoms with Gasteiger partial charge in [-0.05, 0) is 25.7 Å². The second-order valence-corrected chi connectivity index (χ2v) is 6.80. The van der Waals surface area contributed by atoms with E-state index >= 15 is 0 Å². The molecule has 1 saturated carbocycles. The minimum atomic E-state index is 0.951. The monoisotopic (exact) mass is 280 g/mol. The van der Waals surface area contributed by atoms with Crippen LogP contribution in [0.15, 0.2) is 6.20 Å². The maximum Gasteiger partial charge on any atom is 0.182 e. The van der Waals surface area contributed by atoms with Gasteiger partial charge >= 0.3 is 0 Å². The van der Waals surface area contributed by atoms with Crippen molar-refractivity contribution in [3.05, 3.63) is 11.1 Å². The van der Waals surface area contributed by atoms with Crippen molar-refractivity contribution >= 4 is 16.5 Å². The average molecular weight is 280 g/mol. The zero-order valence-electron chi connectivity index (χ0n) is 11.8. The topological polar surface area (TPSA) is 31.4 Å². The SMILES string of the molecule is CCNc1ncc(CN2CCN(CC3CC3)CC2)s1. The third kappa shape index (κ3) is 3.91. The molecule has 1 aliphatic heterocycles. The largest absolute Gasteiger partial charge is 0.362 e. The Labute approximate surface area is 119 Å². The molecule has 0 atom stereocenters. The van der Waals surface area contributed by atoms with Gasteiger partial charge in [-0.25, -0.2) is 4.98 Å². The van der Waals surface area contributed by atoms with Crippen molar-refractivity contribution in [3.8, 4) is 0 Å². The highest BCUT2D eigenvalue weighted by Gasteiger charge is 2.26. The first-order valence-electron chi connectivity index (χ1n) is 7.47. The maximum absolute atomic E-state index is 4.40. The van der Waals surface area contributed by atoms with Crippen molar-refractivity contribution < 1.29 is 0 Å². The Bertz CT molecular complexity index is 394. The first kappa shape index (κ1) is 13.3. The number of nitrogens with one attached hydrogen (secondary N) is 1. The lowest BCUT2D eigenvalue weighted by molar-refractivity contribution is 0.124. The molecule has 0 radical (unpaired) electrons. The molecule has 0 bridgehead atoms. The van der Waals surface area contributed by atoms with Gasteiger partial charge in [0.2, 0.25) is 0 Å². The Morgan fingerprint density at radius 2 is 2.00 bits per heavy atom. The summed E-state index contributed by atoms with van der Waals surface area (Å²) in [6, 6.07) is 0. The maximum atomic E-state index is 4.40. The van der Waals surface area contributed by atoms with Crippen LogP contribution in [0.4, 0.5) is 5.13 Å². The number of aromatic nitrogens is 1. The van der Waals surface area contributed by atoms with Crippen LogP contribution in [0.1, 0.15) is 24.6 Å². The lowest BCUT2D eigenvalue weighted by Gasteiger charge is -2.34. The van der Waals surface area contributed by atoms with Crippen molar-refractivity contribution in [2.75, 3.05) is 44.6 Å². The molecular weight excluding hydrogens is 256 g/mol. The Kier molecular flexibility index (Phi) is 4.35. The van der Waals surface area contributed by atoms with Gasteiger partial charge in [-0.2, -0.15) is 0 Å². The summed E-state index contributed by atoms with van der Waals surface area (Å²) < 4.78 is 0. The predicted octanol–water partition coefficient (Wildman–Crippen LogP) is 2.10. The summed E-state index contributed by atoms with van der Waals surface area (Å²) in [5.74, 6) is 1.02. The first-order valence-corrected chi connectivity index (χ1v) is 8.28. The second-order valence-electron chi connectivity index (χ2n) is 5.68. The van der Waals surface area contributed by atoms with Crippen LogP contribution in [-0.2, 0) is 6.54 Å². The quantitative estimate of drug-likeness (QED) is 0.865. The summed E-state index contributed by atoms with van der Waals surface area (Å²) in [5.41, 5.74) is 0. The summed E-state index contributed by atoms with van der Waals surface area (Å²) in [7, 11) is 0. The van der Waals surface area contributed by atoms with E-state index in [-0.39, 0.29) is 0 Å². The first-order chi connectivity index (χ1) is 9.33. The molecule has 1 N–H and O–H groups in total. The zero-order chi connectivity index (χ0) is 13.1. The highest BCUT2D eigenvalue weighted by molar-refractivity contribution is 7.15. The van der Waals surface area contributed by atoms with Crippen molar-refractivity contribution in [1.82, 2.24) is 14.8 Å². The Balaban J connectivity index is 1.42. The van der Waals surface area contributed by atoms with Crippen LogP contribution in [0.25, 0.3) is 0 Å². The highest BCUT2D eigenvalue weighted by atomic mass is 32.1. The van der Waals surface area contributed by atoms with E-state index in [9.17, 15) is 0 Å². The van der Waals surface area contributed by atoms with Crippen molar-refractivity contribution in [2.24, 2.45) is 5.92 Å². The Hall–Kier alpha value is -0.650. The normalized spacial score (nSPS) is 21.7. The molecule has 2 heterocycles. The summed E-state index contributed by atoms with van der Waals surface area (Å²) >= 11 is 1.80. The number of anilines is 1. The van der Waals surface area contributed by atoms with Crippen LogP contribution in [0.5, 0.6) is 0 Å². The van der Waals surface area contributed by atoms with E-state index in [2.05, 4.69) is 27.0 Å². The van der Waals surface area contributed by atoms with E-state index < -0.39 is 0 Å². The van der Waals surface area contributed by atoms with Crippen molar-refractivity contribution in [3.63, 3.8) is 0 Å². The fourth-order valence-electron chi connectivity index (χ4n) is 2.63. The van der Waals surface area contributed by atoms with Gasteiger partial charge in [-0.3, -0.25) is 4.90 Å². The smallest absolute Gasteiger partial charge is 0.182 e. The molecule has 106 valence electrons. The number of thiazole rings is 1. The Morgan fingerprint density at radius 3 is 2.68 bits per heavy atom. The molecule has 2 aliphatic rings. The van der Waals surface area contributed by atoms with Gasteiger partial charge in [0.1, 0.15) is 0 Å². The summed E-state index contributed by atoms with van der Waals surface area (Å²) in [6.07, 6.45) is 4.96. The molecule has 1 aromatic heterocycles. The molecule has 5 heteroatoms. The lowest BCUT2D eigenvalue weighted by atomic mass is 10.2. The molecule has 1 saturated heterocycles. The second kappa shape index (κ2) is 6.20. The highest BCUT2D eigenvalue weighted by Crippen LogP contribution is 2.30. The number of rotatable bonds is 6. The summed E-state index contributed by atoms with van der Waals surface area (Å²) in [5, 5.41) is 4.34. The molecule has 0 amide bonds. The van der Waals surface area contributed by atoms with Crippen LogP contribution >= 0.6 is 11.3 Å². The minimum absolute atomic E-state index is 0.951. The van der Waals surface area contributed by atoms with Crippen LogP contribution in [0, 0.1) is 5.92 Å². The van der Waals surface area contributed by atoms with Gasteiger partial charge in [-0.1, -0.05) is 0 Å². The van der Waals surface area contributed by atoms with Crippen molar-refractivity contribution in [2.45, 2.75) is 26.3 Å². The third-order valence-electron chi connectivity index (χ3n) is 3.94. The van der Waals surface area contributed by atoms with Crippen LogP contribution in [-0.4, -0.2) is 54.1 Å². The van der Waals surface area contributed by atoms with Crippen molar-refractivity contribution in [1.29, 1.82) is 0 Å². The van der Waals surface area contributed by atoms with Gasteiger partial charge in [0.05, 0.1) is 0 Å². The van der Waals surface area contributed by atoms with Gasteiger partial charge in [-0.15, -0.1) is 11.3 Å². The van der Waals surface area contributed by atoms with Gasteiger partial charge in [0.15, 0.2) is 5.13 Å². The molecule has 3 rings (SSSR count). The fraction of sp³-hybridized carbons (Fsp3) is 0.786. The van der Waals surface area contributed by atoms with Gasteiger partial charge < -0.3 is 10.2 Å². The van der Waals surface area contributed by atoms with E-state index in [0.29, 0.717) is 0 Å². The van der Waals surface area contributed by atoms with Crippen LogP contribution in [0.2, 0.25) is 0 Å². The van der Waals surface area contributed by atoms with Crippen LogP contribution in [0.3, 0.4) is 0 Å². The van der Waals surface area contributed by atoms with E-state index in [1.807, 2.05) is 6.20 Å². The summed E-state index contributed by atoms with van der Waals surface area (Å²) in [6.45, 7) is 10.4. The molecule has 1 aromatic rings. The number of hydrogen-bond donors (Lipinski definition) is 1. The van der Waals surface area contributed by atoms with Gasteiger partial charge in [0, 0.05) is 56.9 Å². The van der Waals surface area contributed by atoms with Gasteiger partial charge in [0.25, 0.3) is 0 Å². The number of piperazine rings is 1. The van der Waals surface area contributed by atoms with E-state index in [4.69, 9.17) is 0 Å². The molecule has 0 spiro atoms. The molecule has 2 fully saturated rings. The third-order valence-corrected chi connectivity index (χ3v) is 4.88. The molecule has 4 nitrogen and oxygen atoms in total. The molecule has 0 unspecified atom stereocenters. The standard InChI is InChI=1S/C14H24N4S/c1-2-15-14-16-9-13(19-14)11-18-7-5-17(6-8-18)10-12-3-4-12/h9,12H,2-8,10-11H2,1H3,(H,15,16).